The van der Waals surface area contributed by atoms with Gasteiger partial charge in [-0.3, -0.25) is 4.79 Å². The molecule has 0 bridgehead atoms. The van der Waals surface area contributed by atoms with Crippen molar-refractivity contribution in [1.29, 1.82) is 0 Å². The standard InChI is InChI=1S/C10H11NO2S/c1-6(12)9-10(13)11-7-4-2-3-5-8(7)14-9/h2-6,9,12H,1H3,(H,11,13)/t6-,9+/m0/s1. The van der Waals surface area contributed by atoms with Gasteiger partial charge in [-0.25, -0.2) is 0 Å². The summed E-state index contributed by atoms with van der Waals surface area (Å²) in [6, 6.07) is 7.60. The number of benzene rings is 1. The van der Waals surface area contributed by atoms with Gasteiger partial charge in [0.25, 0.3) is 0 Å². The normalized spacial score (nSPS) is 22.4. The highest BCUT2D eigenvalue weighted by atomic mass is 32.2. The Morgan fingerprint density at radius 3 is 2.93 bits per heavy atom. The molecule has 1 amide bonds. The van der Waals surface area contributed by atoms with Crippen molar-refractivity contribution in [3.8, 4) is 0 Å². The van der Waals surface area contributed by atoms with Crippen LogP contribution in [0.4, 0.5) is 5.69 Å². The molecule has 0 spiro atoms. The molecule has 4 heteroatoms. The van der Waals surface area contributed by atoms with Crippen molar-refractivity contribution in [3.05, 3.63) is 24.3 Å². The molecule has 0 saturated heterocycles. The molecule has 2 N–H and O–H groups in total. The predicted molar refractivity (Wildman–Crippen MR) is 56.4 cm³/mol. The smallest absolute Gasteiger partial charge is 0.240 e. The lowest BCUT2D eigenvalue weighted by Gasteiger charge is -2.25. The fraction of sp³-hybridized carbons (Fsp3) is 0.300. The molecule has 2 atom stereocenters. The first kappa shape index (κ1) is 9.55. The van der Waals surface area contributed by atoms with Gasteiger partial charge in [-0.15, -0.1) is 11.8 Å². The van der Waals surface area contributed by atoms with Gasteiger partial charge in [0.15, 0.2) is 0 Å². The van der Waals surface area contributed by atoms with E-state index >= 15 is 0 Å². The summed E-state index contributed by atoms with van der Waals surface area (Å²) in [5, 5.41) is 11.8. The number of nitrogens with one attached hydrogen (secondary N) is 1. The van der Waals surface area contributed by atoms with Gasteiger partial charge in [0.2, 0.25) is 5.91 Å². The van der Waals surface area contributed by atoms with Crippen molar-refractivity contribution < 1.29 is 9.90 Å². The van der Waals surface area contributed by atoms with Gasteiger partial charge in [0.1, 0.15) is 5.25 Å². The molecule has 1 aromatic carbocycles. The van der Waals surface area contributed by atoms with Gasteiger partial charge < -0.3 is 10.4 Å². The molecule has 0 aliphatic carbocycles. The number of para-hydroxylation sites is 1. The lowest BCUT2D eigenvalue weighted by atomic mass is 10.2. The number of hydrogen-bond donors (Lipinski definition) is 2. The third kappa shape index (κ3) is 1.63. The van der Waals surface area contributed by atoms with E-state index in [1.54, 1.807) is 6.92 Å². The Morgan fingerprint density at radius 1 is 1.50 bits per heavy atom. The maximum Gasteiger partial charge on any atom is 0.240 e. The fourth-order valence-electron chi connectivity index (χ4n) is 1.38. The summed E-state index contributed by atoms with van der Waals surface area (Å²) < 4.78 is 0. The molecule has 1 heterocycles. The zero-order valence-corrected chi connectivity index (χ0v) is 8.54. The summed E-state index contributed by atoms with van der Waals surface area (Å²) in [5.74, 6) is -0.122. The molecule has 0 fully saturated rings. The second-order valence-electron chi connectivity index (χ2n) is 3.26. The van der Waals surface area contributed by atoms with E-state index in [4.69, 9.17) is 0 Å². The van der Waals surface area contributed by atoms with Crippen LogP contribution in [0.2, 0.25) is 0 Å². The maximum absolute atomic E-state index is 11.5. The second kappa shape index (κ2) is 3.63. The zero-order valence-electron chi connectivity index (χ0n) is 7.73. The summed E-state index contributed by atoms with van der Waals surface area (Å²) in [6.45, 7) is 1.63. The molecule has 1 aliphatic heterocycles. The fourth-order valence-corrected chi connectivity index (χ4v) is 2.42. The molecular formula is C10H11NO2S. The Kier molecular flexibility index (Phi) is 2.48. The Hall–Kier alpha value is -1.00. The predicted octanol–water partition coefficient (Wildman–Crippen LogP) is 1.48. The third-order valence-electron chi connectivity index (χ3n) is 2.10. The van der Waals surface area contributed by atoms with Crippen LogP contribution in [0.15, 0.2) is 29.2 Å². The second-order valence-corrected chi connectivity index (χ2v) is 4.45. The SMILES string of the molecule is C[C@H](O)[C@H]1Sc2ccccc2NC1=O. The monoisotopic (exact) mass is 209 g/mol. The van der Waals surface area contributed by atoms with E-state index in [9.17, 15) is 9.90 Å². The van der Waals surface area contributed by atoms with E-state index in [0.29, 0.717) is 0 Å². The molecule has 2 rings (SSSR count). The van der Waals surface area contributed by atoms with Crippen LogP contribution in [0, 0.1) is 0 Å². The van der Waals surface area contributed by atoms with Crippen molar-refractivity contribution in [3.63, 3.8) is 0 Å². The van der Waals surface area contributed by atoms with E-state index in [0.717, 1.165) is 10.6 Å². The number of anilines is 1. The van der Waals surface area contributed by atoms with Crippen LogP contribution in [-0.2, 0) is 4.79 Å². The van der Waals surface area contributed by atoms with Crippen LogP contribution in [0.5, 0.6) is 0 Å². The number of hydrogen-bond acceptors (Lipinski definition) is 3. The highest BCUT2D eigenvalue weighted by Gasteiger charge is 2.30. The first-order chi connectivity index (χ1) is 6.68. The van der Waals surface area contributed by atoms with Crippen molar-refractivity contribution in [2.75, 3.05) is 5.32 Å². The molecule has 0 aromatic heterocycles. The quantitative estimate of drug-likeness (QED) is 0.736. The third-order valence-corrected chi connectivity index (χ3v) is 3.57. The van der Waals surface area contributed by atoms with Crippen molar-refractivity contribution >= 4 is 23.4 Å². The van der Waals surface area contributed by atoms with E-state index in [2.05, 4.69) is 5.32 Å². The van der Waals surface area contributed by atoms with Crippen molar-refractivity contribution in [2.45, 2.75) is 23.2 Å². The average molecular weight is 209 g/mol. The van der Waals surface area contributed by atoms with E-state index in [1.807, 2.05) is 24.3 Å². The highest BCUT2D eigenvalue weighted by Crippen LogP contribution is 2.36. The lowest BCUT2D eigenvalue weighted by Crippen LogP contribution is -2.36. The lowest BCUT2D eigenvalue weighted by molar-refractivity contribution is -0.117. The summed E-state index contributed by atoms with van der Waals surface area (Å²) in [7, 11) is 0. The molecule has 1 aliphatic rings. The Balaban J connectivity index is 2.31. The van der Waals surface area contributed by atoms with Crippen LogP contribution in [0.3, 0.4) is 0 Å². The van der Waals surface area contributed by atoms with Gasteiger partial charge in [0.05, 0.1) is 11.8 Å². The first-order valence-corrected chi connectivity index (χ1v) is 5.31. The van der Waals surface area contributed by atoms with Gasteiger partial charge >= 0.3 is 0 Å². The first-order valence-electron chi connectivity index (χ1n) is 4.43. The number of thioether (sulfide) groups is 1. The van der Waals surface area contributed by atoms with Crippen LogP contribution in [0.25, 0.3) is 0 Å². The van der Waals surface area contributed by atoms with Gasteiger partial charge in [-0.05, 0) is 19.1 Å². The summed E-state index contributed by atoms with van der Waals surface area (Å²) in [4.78, 5) is 12.5. The van der Waals surface area contributed by atoms with Crippen molar-refractivity contribution in [1.82, 2.24) is 0 Å². The molecular weight excluding hydrogens is 198 g/mol. The van der Waals surface area contributed by atoms with Crippen LogP contribution in [0.1, 0.15) is 6.92 Å². The number of aliphatic hydroxyl groups excluding tert-OH is 1. The maximum atomic E-state index is 11.5. The van der Waals surface area contributed by atoms with Crippen LogP contribution >= 0.6 is 11.8 Å². The summed E-state index contributed by atoms with van der Waals surface area (Å²) >= 11 is 1.41. The minimum atomic E-state index is -0.631. The zero-order chi connectivity index (χ0) is 10.1. The van der Waals surface area contributed by atoms with Gasteiger partial charge in [0, 0.05) is 4.90 Å². The number of aliphatic hydroxyl groups is 1. The van der Waals surface area contributed by atoms with Crippen LogP contribution in [-0.4, -0.2) is 22.4 Å². The molecule has 14 heavy (non-hydrogen) atoms. The number of rotatable bonds is 1. The Labute approximate surface area is 86.5 Å². The average Bonchev–Trinajstić information content (AvgIpc) is 2.16. The molecule has 3 nitrogen and oxygen atoms in total. The minimum absolute atomic E-state index is 0.122. The molecule has 0 unspecified atom stereocenters. The summed E-state index contributed by atoms with van der Waals surface area (Å²) in [5.41, 5.74) is 0.833. The molecule has 1 aromatic rings. The Bertz CT molecular complexity index is 365. The minimum Gasteiger partial charge on any atom is -0.392 e. The van der Waals surface area contributed by atoms with E-state index < -0.39 is 11.4 Å². The van der Waals surface area contributed by atoms with Gasteiger partial charge in [-0.1, -0.05) is 12.1 Å². The number of amides is 1. The van der Waals surface area contributed by atoms with Gasteiger partial charge in [-0.2, -0.15) is 0 Å². The van der Waals surface area contributed by atoms with Crippen molar-refractivity contribution in [2.24, 2.45) is 0 Å². The Morgan fingerprint density at radius 2 is 2.21 bits per heavy atom. The molecule has 0 radical (unpaired) electrons. The number of fused-ring (bicyclic) bond motifs is 1. The largest absolute Gasteiger partial charge is 0.392 e. The highest BCUT2D eigenvalue weighted by molar-refractivity contribution is 8.01. The van der Waals surface area contributed by atoms with E-state index in [1.165, 1.54) is 11.8 Å². The number of carbonyl (C=O) groups is 1. The topological polar surface area (TPSA) is 49.3 Å². The number of carbonyl (C=O) groups excluding carboxylic acids is 1. The molecule has 0 saturated carbocycles. The summed E-state index contributed by atoms with van der Waals surface area (Å²) in [6.07, 6.45) is -0.631. The molecule has 74 valence electrons. The van der Waals surface area contributed by atoms with E-state index in [-0.39, 0.29) is 5.91 Å². The van der Waals surface area contributed by atoms with Crippen LogP contribution < -0.4 is 5.32 Å².